The van der Waals surface area contributed by atoms with Crippen LogP contribution in [0.25, 0.3) is 0 Å². The number of aryl methyl sites for hydroxylation is 1. The molecule has 0 saturated heterocycles. The van der Waals surface area contributed by atoms with Crippen LogP contribution in [0, 0.1) is 6.92 Å². The highest BCUT2D eigenvalue weighted by Gasteiger charge is 2.22. The van der Waals surface area contributed by atoms with Crippen LogP contribution in [-0.2, 0) is 11.3 Å². The van der Waals surface area contributed by atoms with E-state index in [2.05, 4.69) is 5.32 Å². The van der Waals surface area contributed by atoms with E-state index in [1.54, 1.807) is 6.07 Å². The van der Waals surface area contributed by atoms with Crippen LogP contribution >= 0.6 is 0 Å². The molecule has 5 nitrogen and oxygen atoms in total. The van der Waals surface area contributed by atoms with Gasteiger partial charge in [0.05, 0.1) is 0 Å². The van der Waals surface area contributed by atoms with Crippen molar-refractivity contribution in [2.75, 3.05) is 14.1 Å². The second kappa shape index (κ2) is 7.15. The molecule has 0 heterocycles. The number of carbonyl (C=O) groups excluding carboxylic acids is 1. The molecule has 23 heavy (non-hydrogen) atoms. The zero-order valence-corrected chi connectivity index (χ0v) is 13.6. The number of nitrogens with one attached hydrogen (secondary N) is 1. The summed E-state index contributed by atoms with van der Waals surface area (Å²) in [5.74, 6) is -0.196. The molecule has 0 bridgehead atoms. The maximum Gasteiger partial charge on any atom is 0.242 e. The lowest BCUT2D eigenvalue weighted by molar-refractivity contribution is -0.125. The maximum absolute atomic E-state index is 12.6. The molecule has 122 valence electrons. The number of nitrogens with zero attached hydrogens (tertiary/aromatic N) is 1. The van der Waals surface area contributed by atoms with Crippen LogP contribution in [0.4, 0.5) is 0 Å². The lowest BCUT2D eigenvalue weighted by Gasteiger charge is -2.24. The fourth-order valence-electron chi connectivity index (χ4n) is 2.50. The molecule has 0 aliphatic rings. The highest BCUT2D eigenvalue weighted by Crippen LogP contribution is 2.23. The number of phenols is 2. The van der Waals surface area contributed by atoms with Gasteiger partial charge in [-0.2, -0.15) is 0 Å². The van der Waals surface area contributed by atoms with Crippen LogP contribution in [0.1, 0.15) is 22.7 Å². The molecular weight excluding hydrogens is 292 g/mol. The Bertz CT molecular complexity index is 698. The first-order chi connectivity index (χ1) is 10.9. The number of hydrogen-bond acceptors (Lipinski definition) is 4. The molecule has 0 spiro atoms. The highest BCUT2D eigenvalue weighted by molar-refractivity contribution is 5.83. The van der Waals surface area contributed by atoms with E-state index in [9.17, 15) is 15.0 Å². The zero-order chi connectivity index (χ0) is 17.0. The molecule has 0 saturated carbocycles. The van der Waals surface area contributed by atoms with E-state index in [0.717, 1.165) is 11.1 Å². The van der Waals surface area contributed by atoms with Crippen molar-refractivity contribution in [3.8, 4) is 11.5 Å². The van der Waals surface area contributed by atoms with Gasteiger partial charge in [0.15, 0.2) is 0 Å². The first-order valence-corrected chi connectivity index (χ1v) is 7.40. The summed E-state index contributed by atoms with van der Waals surface area (Å²) >= 11 is 0. The molecule has 5 heteroatoms. The summed E-state index contributed by atoms with van der Waals surface area (Å²) < 4.78 is 0. The van der Waals surface area contributed by atoms with E-state index in [1.165, 1.54) is 12.1 Å². The fourth-order valence-corrected chi connectivity index (χ4v) is 2.50. The van der Waals surface area contributed by atoms with Crippen LogP contribution in [0.15, 0.2) is 42.5 Å². The smallest absolute Gasteiger partial charge is 0.242 e. The van der Waals surface area contributed by atoms with E-state index < -0.39 is 6.04 Å². The molecule has 2 aromatic rings. The standard InChI is InChI=1S/C18H22N2O3/c1-12-5-4-6-13(9-12)17(20(2)3)18(23)19-11-14-7-8-15(21)10-16(14)22/h4-10,17,21-22H,11H2,1-3H3,(H,19,23). The van der Waals surface area contributed by atoms with Crippen LogP contribution in [-0.4, -0.2) is 35.1 Å². The Morgan fingerprint density at radius 3 is 2.52 bits per heavy atom. The fraction of sp³-hybridized carbons (Fsp3) is 0.278. The van der Waals surface area contributed by atoms with Gasteiger partial charge in [-0.3, -0.25) is 9.69 Å². The van der Waals surface area contributed by atoms with Crippen molar-refractivity contribution in [2.24, 2.45) is 0 Å². The van der Waals surface area contributed by atoms with Gasteiger partial charge in [-0.15, -0.1) is 0 Å². The molecule has 1 amide bonds. The summed E-state index contributed by atoms with van der Waals surface area (Å²) in [5.41, 5.74) is 2.57. The summed E-state index contributed by atoms with van der Waals surface area (Å²) in [6, 6.07) is 11.7. The van der Waals surface area contributed by atoms with E-state index >= 15 is 0 Å². The molecule has 1 unspecified atom stereocenters. The van der Waals surface area contributed by atoms with Crippen LogP contribution in [0.2, 0.25) is 0 Å². The molecule has 0 aromatic heterocycles. The minimum absolute atomic E-state index is 0.0106. The molecule has 1 atom stereocenters. The number of rotatable bonds is 5. The Labute approximate surface area is 136 Å². The largest absolute Gasteiger partial charge is 0.508 e. The van der Waals surface area contributed by atoms with Gasteiger partial charge in [0.2, 0.25) is 5.91 Å². The van der Waals surface area contributed by atoms with Gasteiger partial charge in [0.1, 0.15) is 17.5 Å². The summed E-state index contributed by atoms with van der Waals surface area (Å²) in [4.78, 5) is 14.4. The summed E-state index contributed by atoms with van der Waals surface area (Å²) in [5, 5.41) is 21.9. The molecule has 2 aromatic carbocycles. The van der Waals surface area contributed by atoms with Crippen molar-refractivity contribution in [3.05, 3.63) is 59.2 Å². The lowest BCUT2D eigenvalue weighted by Crippen LogP contribution is -2.36. The van der Waals surface area contributed by atoms with Crippen molar-refractivity contribution >= 4 is 5.91 Å². The predicted molar refractivity (Wildman–Crippen MR) is 89.2 cm³/mol. The molecular formula is C18H22N2O3. The summed E-state index contributed by atoms with van der Waals surface area (Å²) in [6.07, 6.45) is 0. The van der Waals surface area contributed by atoms with E-state index in [-0.39, 0.29) is 24.0 Å². The number of amides is 1. The van der Waals surface area contributed by atoms with Gasteiger partial charge < -0.3 is 15.5 Å². The second-order valence-electron chi connectivity index (χ2n) is 5.81. The van der Waals surface area contributed by atoms with Crippen molar-refractivity contribution in [1.29, 1.82) is 0 Å². The van der Waals surface area contributed by atoms with Crippen molar-refractivity contribution in [2.45, 2.75) is 19.5 Å². The molecule has 2 rings (SSSR count). The monoisotopic (exact) mass is 314 g/mol. The van der Waals surface area contributed by atoms with Crippen LogP contribution in [0.3, 0.4) is 0 Å². The third kappa shape index (κ3) is 4.23. The molecule has 3 N–H and O–H groups in total. The van der Waals surface area contributed by atoms with Gasteiger partial charge in [-0.25, -0.2) is 0 Å². The van der Waals surface area contributed by atoms with Crippen molar-refractivity contribution in [1.82, 2.24) is 10.2 Å². The van der Waals surface area contributed by atoms with Gasteiger partial charge in [0.25, 0.3) is 0 Å². The van der Waals surface area contributed by atoms with Gasteiger partial charge in [-0.05, 0) is 38.7 Å². The SMILES string of the molecule is Cc1cccc(C(C(=O)NCc2ccc(O)cc2O)N(C)C)c1. The zero-order valence-electron chi connectivity index (χ0n) is 13.6. The average Bonchev–Trinajstić information content (AvgIpc) is 2.46. The Morgan fingerprint density at radius 1 is 1.17 bits per heavy atom. The Hall–Kier alpha value is -2.53. The Morgan fingerprint density at radius 2 is 1.91 bits per heavy atom. The third-order valence-corrected chi connectivity index (χ3v) is 3.64. The number of likely N-dealkylation sites (N-methyl/N-ethyl adjacent to an activating group) is 1. The minimum atomic E-state index is -0.408. The predicted octanol–water partition coefficient (Wildman–Crippen LogP) is 2.33. The number of phenolic OH excluding ortho intramolecular Hbond substituents is 2. The molecule has 0 aliphatic heterocycles. The quantitative estimate of drug-likeness (QED) is 0.792. The first kappa shape index (κ1) is 16.8. The van der Waals surface area contributed by atoms with Crippen molar-refractivity contribution in [3.63, 3.8) is 0 Å². The average molecular weight is 314 g/mol. The number of hydrogen-bond donors (Lipinski definition) is 3. The Kier molecular flexibility index (Phi) is 5.24. The minimum Gasteiger partial charge on any atom is -0.508 e. The van der Waals surface area contributed by atoms with Crippen LogP contribution < -0.4 is 5.32 Å². The van der Waals surface area contributed by atoms with Crippen molar-refractivity contribution < 1.29 is 15.0 Å². The van der Waals surface area contributed by atoms with E-state index in [4.69, 9.17) is 0 Å². The Balaban J connectivity index is 2.13. The number of aromatic hydroxyl groups is 2. The summed E-state index contributed by atoms with van der Waals surface area (Å²) in [6.45, 7) is 2.18. The van der Waals surface area contributed by atoms with Gasteiger partial charge >= 0.3 is 0 Å². The van der Waals surface area contributed by atoms with Crippen LogP contribution in [0.5, 0.6) is 11.5 Å². The lowest BCUT2D eigenvalue weighted by atomic mass is 10.0. The van der Waals surface area contributed by atoms with Gasteiger partial charge in [0, 0.05) is 18.2 Å². The van der Waals surface area contributed by atoms with Gasteiger partial charge in [-0.1, -0.05) is 29.8 Å². The molecule has 0 fully saturated rings. The second-order valence-corrected chi connectivity index (χ2v) is 5.81. The molecule has 0 aliphatic carbocycles. The molecule has 0 radical (unpaired) electrons. The third-order valence-electron chi connectivity index (χ3n) is 3.64. The topological polar surface area (TPSA) is 72.8 Å². The number of carbonyl (C=O) groups is 1. The summed E-state index contributed by atoms with van der Waals surface area (Å²) in [7, 11) is 3.70. The highest BCUT2D eigenvalue weighted by atomic mass is 16.3. The maximum atomic E-state index is 12.6. The van der Waals surface area contributed by atoms with E-state index in [1.807, 2.05) is 50.2 Å². The first-order valence-electron chi connectivity index (χ1n) is 7.40. The van der Waals surface area contributed by atoms with E-state index in [0.29, 0.717) is 5.56 Å². The normalized spacial score (nSPS) is 12.2. The number of benzene rings is 2.